The monoisotopic (exact) mass is 436 g/mol. The van der Waals surface area contributed by atoms with Gasteiger partial charge in [0.15, 0.2) is 0 Å². The third-order valence-corrected chi connectivity index (χ3v) is 5.69. The number of carbonyl (C=O) groups excluding carboxylic acids is 3. The Labute approximate surface area is 189 Å². The van der Waals surface area contributed by atoms with E-state index in [-0.39, 0.29) is 30.3 Å². The number of urea groups is 1. The number of amides is 4. The lowest BCUT2D eigenvalue weighted by molar-refractivity contribution is -0.116. The SMILES string of the molecule is Cc1c(NC(=O)CCCNC(=O)NC2CCCCC2)cccc1C(=O)Nc1ccccc1. The summed E-state index contributed by atoms with van der Waals surface area (Å²) in [6.07, 6.45) is 6.48. The summed E-state index contributed by atoms with van der Waals surface area (Å²) >= 11 is 0. The van der Waals surface area contributed by atoms with Gasteiger partial charge >= 0.3 is 6.03 Å². The highest BCUT2D eigenvalue weighted by molar-refractivity contribution is 6.06. The maximum atomic E-state index is 12.6. The molecule has 0 heterocycles. The van der Waals surface area contributed by atoms with E-state index in [1.165, 1.54) is 19.3 Å². The van der Waals surface area contributed by atoms with Crippen molar-refractivity contribution in [3.8, 4) is 0 Å². The molecule has 170 valence electrons. The van der Waals surface area contributed by atoms with Gasteiger partial charge in [-0.05, 0) is 56.0 Å². The molecule has 3 rings (SSSR count). The standard InChI is InChI=1S/C25H32N4O3/c1-18-21(24(31)27-19-10-4-2-5-11-19)14-8-15-22(18)29-23(30)16-9-17-26-25(32)28-20-12-6-3-7-13-20/h2,4-5,8,10-11,14-15,20H,3,6-7,9,12-13,16-17H2,1H3,(H,27,31)(H,29,30)(H2,26,28,32). The molecule has 0 unspecified atom stereocenters. The molecule has 0 spiro atoms. The van der Waals surface area contributed by atoms with Crippen LogP contribution < -0.4 is 21.3 Å². The first kappa shape index (κ1) is 23.3. The van der Waals surface area contributed by atoms with Crippen molar-refractivity contribution in [3.63, 3.8) is 0 Å². The van der Waals surface area contributed by atoms with Crippen LogP contribution in [0.5, 0.6) is 0 Å². The van der Waals surface area contributed by atoms with Crippen molar-refractivity contribution in [1.29, 1.82) is 0 Å². The van der Waals surface area contributed by atoms with Gasteiger partial charge in [-0.15, -0.1) is 0 Å². The number of benzene rings is 2. The zero-order valence-electron chi connectivity index (χ0n) is 18.6. The summed E-state index contributed by atoms with van der Waals surface area (Å²) in [4.78, 5) is 36.9. The van der Waals surface area contributed by atoms with E-state index in [0.717, 1.165) is 12.8 Å². The van der Waals surface area contributed by atoms with Crippen LogP contribution in [0, 0.1) is 6.92 Å². The second-order valence-electron chi connectivity index (χ2n) is 8.19. The highest BCUT2D eigenvalue weighted by Gasteiger charge is 2.16. The van der Waals surface area contributed by atoms with Crippen LogP contribution in [0.25, 0.3) is 0 Å². The number of carbonyl (C=O) groups is 3. The summed E-state index contributed by atoms with van der Waals surface area (Å²) in [6.45, 7) is 2.25. The van der Waals surface area contributed by atoms with E-state index >= 15 is 0 Å². The summed E-state index contributed by atoms with van der Waals surface area (Å²) in [5, 5.41) is 11.6. The first-order valence-corrected chi connectivity index (χ1v) is 11.3. The van der Waals surface area contributed by atoms with Gasteiger partial charge in [-0.2, -0.15) is 0 Å². The third-order valence-electron chi connectivity index (χ3n) is 5.69. The topological polar surface area (TPSA) is 99.3 Å². The molecule has 0 aromatic heterocycles. The van der Waals surface area contributed by atoms with Crippen molar-refractivity contribution in [2.75, 3.05) is 17.2 Å². The second kappa shape index (κ2) is 11.9. The van der Waals surface area contributed by atoms with Crippen molar-refractivity contribution in [1.82, 2.24) is 10.6 Å². The van der Waals surface area contributed by atoms with E-state index in [0.29, 0.717) is 35.5 Å². The Morgan fingerprint density at radius 1 is 0.906 bits per heavy atom. The first-order chi connectivity index (χ1) is 15.5. The second-order valence-corrected chi connectivity index (χ2v) is 8.19. The molecule has 2 aromatic carbocycles. The van der Waals surface area contributed by atoms with Crippen LogP contribution in [0.15, 0.2) is 48.5 Å². The summed E-state index contributed by atoms with van der Waals surface area (Å²) in [5.41, 5.74) is 2.54. The van der Waals surface area contributed by atoms with E-state index < -0.39 is 0 Å². The number of para-hydroxylation sites is 1. The molecule has 0 saturated heterocycles. The molecule has 7 nitrogen and oxygen atoms in total. The average molecular weight is 437 g/mol. The lowest BCUT2D eigenvalue weighted by Crippen LogP contribution is -2.43. The molecule has 7 heteroatoms. The fourth-order valence-electron chi connectivity index (χ4n) is 3.88. The van der Waals surface area contributed by atoms with Crippen molar-refractivity contribution >= 4 is 29.2 Å². The van der Waals surface area contributed by atoms with Crippen molar-refractivity contribution in [2.45, 2.75) is 57.9 Å². The van der Waals surface area contributed by atoms with Crippen molar-refractivity contribution in [3.05, 3.63) is 59.7 Å². The largest absolute Gasteiger partial charge is 0.338 e. The lowest BCUT2D eigenvalue weighted by atomic mass is 9.96. The third kappa shape index (κ3) is 7.11. The lowest BCUT2D eigenvalue weighted by Gasteiger charge is -2.22. The van der Waals surface area contributed by atoms with E-state index in [4.69, 9.17) is 0 Å². The van der Waals surface area contributed by atoms with Crippen LogP contribution >= 0.6 is 0 Å². The molecule has 4 N–H and O–H groups in total. The summed E-state index contributed by atoms with van der Waals surface area (Å²) < 4.78 is 0. The zero-order chi connectivity index (χ0) is 22.8. The molecule has 32 heavy (non-hydrogen) atoms. The van der Waals surface area contributed by atoms with Crippen LogP contribution in [0.4, 0.5) is 16.2 Å². The average Bonchev–Trinajstić information content (AvgIpc) is 2.79. The number of rotatable bonds is 8. The Balaban J connectivity index is 1.43. The fraction of sp³-hybridized carbons (Fsp3) is 0.400. The van der Waals surface area contributed by atoms with E-state index in [1.807, 2.05) is 37.3 Å². The molecule has 0 aliphatic heterocycles. The van der Waals surface area contributed by atoms with Gasteiger partial charge in [-0.1, -0.05) is 43.5 Å². The Bertz CT molecular complexity index is 924. The molecule has 1 aliphatic rings. The minimum Gasteiger partial charge on any atom is -0.338 e. The first-order valence-electron chi connectivity index (χ1n) is 11.3. The van der Waals surface area contributed by atoms with Gasteiger partial charge in [0.05, 0.1) is 0 Å². The quantitative estimate of drug-likeness (QED) is 0.455. The number of anilines is 2. The van der Waals surface area contributed by atoms with Gasteiger partial charge in [-0.3, -0.25) is 9.59 Å². The van der Waals surface area contributed by atoms with Crippen LogP contribution in [0.2, 0.25) is 0 Å². The molecule has 1 aliphatic carbocycles. The normalized spacial score (nSPS) is 13.8. The minimum atomic E-state index is -0.224. The maximum absolute atomic E-state index is 12.6. The fourth-order valence-corrected chi connectivity index (χ4v) is 3.88. The Kier molecular flexibility index (Phi) is 8.66. The van der Waals surface area contributed by atoms with E-state index in [1.54, 1.807) is 18.2 Å². The Morgan fingerprint density at radius 3 is 2.41 bits per heavy atom. The van der Waals surface area contributed by atoms with Crippen LogP contribution in [-0.4, -0.2) is 30.4 Å². The van der Waals surface area contributed by atoms with Gasteiger partial charge in [0.2, 0.25) is 5.91 Å². The Hall–Kier alpha value is -3.35. The molecule has 0 radical (unpaired) electrons. The smallest absolute Gasteiger partial charge is 0.315 e. The highest BCUT2D eigenvalue weighted by atomic mass is 16.2. The molecular formula is C25H32N4O3. The molecule has 2 aromatic rings. The predicted molar refractivity (Wildman–Crippen MR) is 127 cm³/mol. The highest BCUT2D eigenvalue weighted by Crippen LogP contribution is 2.21. The maximum Gasteiger partial charge on any atom is 0.315 e. The van der Waals surface area contributed by atoms with Gasteiger partial charge in [0.25, 0.3) is 5.91 Å². The predicted octanol–water partition coefficient (Wildman–Crippen LogP) is 4.60. The molecule has 4 amide bonds. The van der Waals surface area contributed by atoms with Crippen LogP contribution in [0.1, 0.15) is 60.9 Å². The molecule has 0 bridgehead atoms. The molecule has 1 fully saturated rings. The summed E-state index contributed by atoms with van der Waals surface area (Å²) in [5.74, 6) is -0.374. The van der Waals surface area contributed by atoms with Gasteiger partial charge in [0, 0.05) is 35.9 Å². The molecular weight excluding hydrogens is 404 g/mol. The van der Waals surface area contributed by atoms with Gasteiger partial charge < -0.3 is 21.3 Å². The molecule has 1 saturated carbocycles. The van der Waals surface area contributed by atoms with Crippen molar-refractivity contribution < 1.29 is 14.4 Å². The summed E-state index contributed by atoms with van der Waals surface area (Å²) in [7, 11) is 0. The Morgan fingerprint density at radius 2 is 1.66 bits per heavy atom. The number of hydrogen-bond donors (Lipinski definition) is 4. The van der Waals surface area contributed by atoms with Gasteiger partial charge in [0.1, 0.15) is 0 Å². The van der Waals surface area contributed by atoms with Crippen LogP contribution in [-0.2, 0) is 4.79 Å². The number of hydrogen-bond acceptors (Lipinski definition) is 3. The van der Waals surface area contributed by atoms with Crippen LogP contribution in [0.3, 0.4) is 0 Å². The molecule has 0 atom stereocenters. The van der Waals surface area contributed by atoms with Crippen molar-refractivity contribution in [2.24, 2.45) is 0 Å². The van der Waals surface area contributed by atoms with Gasteiger partial charge in [-0.25, -0.2) is 4.79 Å². The minimum absolute atomic E-state index is 0.150. The number of nitrogens with one attached hydrogen (secondary N) is 4. The van der Waals surface area contributed by atoms with E-state index in [2.05, 4.69) is 21.3 Å². The zero-order valence-corrected chi connectivity index (χ0v) is 18.6. The van der Waals surface area contributed by atoms with E-state index in [9.17, 15) is 14.4 Å². The summed E-state index contributed by atoms with van der Waals surface area (Å²) in [6, 6.07) is 14.6.